The fourth-order valence-corrected chi connectivity index (χ4v) is 2.99. The molecule has 0 aromatic heterocycles. The molecule has 1 saturated carbocycles. The molecule has 1 unspecified atom stereocenters. The van der Waals surface area contributed by atoms with Crippen molar-refractivity contribution in [2.45, 2.75) is 38.6 Å². The van der Waals surface area contributed by atoms with Crippen molar-refractivity contribution in [1.29, 1.82) is 0 Å². The number of carboxylic acids is 1. The second-order valence-corrected chi connectivity index (χ2v) is 5.96. The van der Waals surface area contributed by atoms with Gasteiger partial charge in [0.2, 0.25) is 0 Å². The molecule has 1 atom stereocenters. The Kier molecular flexibility index (Phi) is 4.88. The Morgan fingerprint density at radius 3 is 2.38 bits per heavy atom. The van der Waals surface area contributed by atoms with E-state index in [1.165, 1.54) is 5.56 Å². The van der Waals surface area contributed by atoms with E-state index in [-0.39, 0.29) is 5.92 Å². The van der Waals surface area contributed by atoms with Gasteiger partial charge in [-0.1, -0.05) is 26.0 Å². The Morgan fingerprint density at radius 1 is 1.33 bits per heavy atom. The van der Waals surface area contributed by atoms with Gasteiger partial charge in [0.1, 0.15) is 5.54 Å². The summed E-state index contributed by atoms with van der Waals surface area (Å²) in [5.41, 5.74) is 1.54. The minimum Gasteiger partial charge on any atom is -0.480 e. The number of benzene rings is 1. The maximum atomic E-state index is 11.9. The van der Waals surface area contributed by atoms with Crippen LogP contribution in [0.2, 0.25) is 0 Å². The Labute approximate surface area is 127 Å². The molecule has 21 heavy (non-hydrogen) atoms. The highest BCUT2D eigenvalue weighted by Crippen LogP contribution is 2.40. The van der Waals surface area contributed by atoms with E-state index in [1.807, 2.05) is 14.0 Å². The van der Waals surface area contributed by atoms with Crippen molar-refractivity contribution in [3.05, 3.63) is 29.8 Å². The van der Waals surface area contributed by atoms with E-state index in [0.717, 1.165) is 24.9 Å². The summed E-state index contributed by atoms with van der Waals surface area (Å²) in [4.78, 5) is 13.9. The van der Waals surface area contributed by atoms with Crippen LogP contribution < -0.4 is 10.2 Å². The molecule has 0 radical (unpaired) electrons. The van der Waals surface area contributed by atoms with Crippen LogP contribution in [0.1, 0.15) is 32.3 Å². The van der Waals surface area contributed by atoms with Gasteiger partial charge in [-0.2, -0.15) is 0 Å². The summed E-state index contributed by atoms with van der Waals surface area (Å²) in [7, 11) is 1.97. The average Bonchev–Trinajstić information content (AvgIpc) is 3.31. The number of aryl methyl sites for hydroxylation is 1. The van der Waals surface area contributed by atoms with Crippen LogP contribution in [0, 0.1) is 5.92 Å². The lowest BCUT2D eigenvalue weighted by Crippen LogP contribution is -2.60. The molecule has 4 heteroatoms. The molecule has 0 aliphatic heterocycles. The topological polar surface area (TPSA) is 52.6 Å². The number of likely N-dealkylation sites (N-methyl/N-ethyl adjacent to an activating group) is 2. The fraction of sp³-hybridized carbons (Fsp3) is 0.588. The Morgan fingerprint density at radius 2 is 1.95 bits per heavy atom. The Balaban J connectivity index is 2.16. The Hall–Kier alpha value is -1.55. The van der Waals surface area contributed by atoms with Crippen LogP contribution in [0.4, 0.5) is 5.69 Å². The SMILES string of the molecule is CCNC(CN(C)c1ccc(CC)cc1)(C(=O)O)C1CC1. The summed E-state index contributed by atoms with van der Waals surface area (Å²) in [6.45, 7) is 5.26. The normalized spacial score (nSPS) is 17.3. The lowest BCUT2D eigenvalue weighted by molar-refractivity contribution is -0.145. The predicted octanol–water partition coefficient (Wildman–Crippen LogP) is 2.53. The maximum absolute atomic E-state index is 11.9. The summed E-state index contributed by atoms with van der Waals surface area (Å²) in [5.74, 6) is -0.490. The largest absolute Gasteiger partial charge is 0.480 e. The molecule has 1 fully saturated rings. The lowest BCUT2D eigenvalue weighted by atomic mass is 9.92. The highest BCUT2D eigenvalue weighted by molar-refractivity contribution is 5.81. The van der Waals surface area contributed by atoms with Gasteiger partial charge in [-0.25, -0.2) is 0 Å². The first-order valence-corrected chi connectivity index (χ1v) is 7.82. The molecule has 4 nitrogen and oxygen atoms in total. The van der Waals surface area contributed by atoms with Crippen LogP contribution in [-0.2, 0) is 11.2 Å². The average molecular weight is 290 g/mol. The molecule has 0 saturated heterocycles. The molecule has 1 aromatic rings. The van der Waals surface area contributed by atoms with Crippen LogP contribution in [0.25, 0.3) is 0 Å². The molecule has 0 bridgehead atoms. The van der Waals surface area contributed by atoms with Gasteiger partial charge in [0.25, 0.3) is 0 Å². The molecule has 0 amide bonds. The zero-order chi connectivity index (χ0) is 15.5. The van der Waals surface area contributed by atoms with Gasteiger partial charge < -0.3 is 15.3 Å². The van der Waals surface area contributed by atoms with Gasteiger partial charge in [-0.05, 0) is 49.4 Å². The second-order valence-electron chi connectivity index (χ2n) is 5.96. The molecule has 0 heterocycles. The first kappa shape index (κ1) is 15.8. The van der Waals surface area contributed by atoms with E-state index in [9.17, 15) is 9.90 Å². The smallest absolute Gasteiger partial charge is 0.326 e. The molecule has 1 aliphatic carbocycles. The van der Waals surface area contributed by atoms with Crippen molar-refractivity contribution in [2.24, 2.45) is 5.92 Å². The minimum atomic E-state index is -0.826. The van der Waals surface area contributed by atoms with Crippen LogP contribution >= 0.6 is 0 Å². The highest BCUT2D eigenvalue weighted by Gasteiger charge is 2.51. The number of carboxylic acid groups (broad SMARTS) is 1. The zero-order valence-corrected chi connectivity index (χ0v) is 13.2. The summed E-state index contributed by atoms with van der Waals surface area (Å²) < 4.78 is 0. The third-order valence-electron chi connectivity index (χ3n) is 4.42. The van der Waals surface area contributed by atoms with Crippen molar-refractivity contribution in [3.8, 4) is 0 Å². The summed E-state index contributed by atoms with van der Waals surface area (Å²) in [6.07, 6.45) is 3.02. The number of nitrogens with zero attached hydrogens (tertiary/aromatic N) is 1. The standard InChI is InChI=1S/C17H26N2O2/c1-4-13-6-10-15(11-7-13)19(3)12-17(16(20)21,18-5-2)14-8-9-14/h6-7,10-11,14,18H,4-5,8-9,12H2,1-3H3,(H,20,21). The summed E-state index contributed by atoms with van der Waals surface area (Å²) in [6, 6.07) is 8.37. The van der Waals surface area contributed by atoms with E-state index in [4.69, 9.17) is 0 Å². The van der Waals surface area contributed by atoms with Crippen LogP contribution in [0.15, 0.2) is 24.3 Å². The first-order chi connectivity index (χ1) is 10.0. The van der Waals surface area contributed by atoms with Gasteiger partial charge in [-0.15, -0.1) is 0 Å². The van der Waals surface area contributed by atoms with Gasteiger partial charge in [0, 0.05) is 19.3 Å². The third-order valence-corrected chi connectivity index (χ3v) is 4.42. The van der Waals surface area contributed by atoms with Crippen LogP contribution in [0.5, 0.6) is 0 Å². The van der Waals surface area contributed by atoms with Gasteiger partial charge >= 0.3 is 5.97 Å². The minimum absolute atomic E-state index is 0.243. The van der Waals surface area contributed by atoms with Crippen molar-refractivity contribution < 1.29 is 9.90 Å². The van der Waals surface area contributed by atoms with Crippen molar-refractivity contribution in [2.75, 3.05) is 25.0 Å². The Bertz CT molecular complexity index is 482. The number of aliphatic carboxylic acids is 1. The van der Waals surface area contributed by atoms with E-state index >= 15 is 0 Å². The molecule has 116 valence electrons. The monoisotopic (exact) mass is 290 g/mol. The van der Waals surface area contributed by atoms with Gasteiger partial charge in [0.15, 0.2) is 0 Å². The third kappa shape index (κ3) is 3.38. The molecule has 1 aromatic carbocycles. The summed E-state index contributed by atoms with van der Waals surface area (Å²) >= 11 is 0. The number of rotatable bonds is 8. The number of hydrogen-bond acceptors (Lipinski definition) is 3. The molecular weight excluding hydrogens is 264 g/mol. The first-order valence-electron chi connectivity index (χ1n) is 7.82. The van der Waals surface area contributed by atoms with Crippen molar-refractivity contribution in [3.63, 3.8) is 0 Å². The van der Waals surface area contributed by atoms with Crippen molar-refractivity contribution in [1.82, 2.24) is 5.32 Å². The number of hydrogen-bond donors (Lipinski definition) is 2. The zero-order valence-electron chi connectivity index (χ0n) is 13.2. The summed E-state index contributed by atoms with van der Waals surface area (Å²) in [5, 5.41) is 13.0. The number of nitrogens with one attached hydrogen (secondary N) is 1. The molecular formula is C17H26N2O2. The molecule has 1 aliphatic rings. The molecule has 2 rings (SSSR count). The van der Waals surface area contributed by atoms with Crippen LogP contribution in [-0.4, -0.2) is 36.8 Å². The van der Waals surface area contributed by atoms with Gasteiger partial charge in [-0.3, -0.25) is 4.79 Å². The van der Waals surface area contributed by atoms with E-state index in [0.29, 0.717) is 13.1 Å². The maximum Gasteiger partial charge on any atom is 0.326 e. The predicted molar refractivity (Wildman–Crippen MR) is 85.9 cm³/mol. The van der Waals surface area contributed by atoms with Crippen molar-refractivity contribution >= 4 is 11.7 Å². The molecule has 0 spiro atoms. The highest BCUT2D eigenvalue weighted by atomic mass is 16.4. The van der Waals surface area contributed by atoms with E-state index in [1.54, 1.807) is 0 Å². The van der Waals surface area contributed by atoms with Crippen LogP contribution in [0.3, 0.4) is 0 Å². The van der Waals surface area contributed by atoms with E-state index < -0.39 is 11.5 Å². The number of anilines is 1. The quantitative estimate of drug-likeness (QED) is 0.772. The number of carbonyl (C=O) groups is 1. The lowest BCUT2D eigenvalue weighted by Gasteiger charge is -2.35. The fourth-order valence-electron chi connectivity index (χ4n) is 2.99. The second kappa shape index (κ2) is 6.48. The van der Waals surface area contributed by atoms with E-state index in [2.05, 4.69) is 41.4 Å². The molecule has 2 N–H and O–H groups in total. The van der Waals surface area contributed by atoms with Gasteiger partial charge in [0.05, 0.1) is 0 Å².